The Balaban J connectivity index is 1.65. The number of hydrogen-bond donors (Lipinski definition) is 2. The number of anilines is 1. The third-order valence-corrected chi connectivity index (χ3v) is 5.45. The smallest absolute Gasteiger partial charge is 0.387 e. The predicted octanol–water partition coefficient (Wildman–Crippen LogP) is 5.13. The Kier molecular flexibility index (Phi) is 7.19. The number of ether oxygens (including phenoxy) is 1. The van der Waals surface area contributed by atoms with Crippen molar-refractivity contribution in [1.82, 2.24) is 10.3 Å². The molecule has 0 aliphatic carbocycles. The molecular formula is C21H18ClF2N3O3S. The van der Waals surface area contributed by atoms with E-state index in [0.29, 0.717) is 16.4 Å². The molecule has 0 saturated heterocycles. The van der Waals surface area contributed by atoms with Gasteiger partial charge in [-0.1, -0.05) is 23.7 Å². The number of rotatable bonds is 7. The highest BCUT2D eigenvalue weighted by molar-refractivity contribution is 7.16. The van der Waals surface area contributed by atoms with Crippen LogP contribution in [-0.2, 0) is 4.79 Å². The summed E-state index contributed by atoms with van der Waals surface area (Å²) in [5.74, 6) is -0.861. The maximum Gasteiger partial charge on any atom is 0.387 e. The molecule has 1 unspecified atom stereocenters. The third kappa shape index (κ3) is 5.77. The highest BCUT2D eigenvalue weighted by Crippen LogP contribution is 2.31. The van der Waals surface area contributed by atoms with Gasteiger partial charge < -0.3 is 15.4 Å². The number of hydrogen-bond acceptors (Lipinski definition) is 5. The zero-order valence-corrected chi connectivity index (χ0v) is 18.1. The summed E-state index contributed by atoms with van der Waals surface area (Å²) in [7, 11) is 0. The first-order valence-electron chi connectivity index (χ1n) is 9.13. The highest BCUT2D eigenvalue weighted by Gasteiger charge is 2.20. The molecule has 2 aromatic carbocycles. The standard InChI is InChI=1S/C21H18ClF2N3O3S/c1-11(25-19(29)15-5-3-4-6-16(15)22)18(28)27-21-26-17(12(2)31-21)13-7-9-14(10-8-13)30-20(23)24/h3-11,20H,1-2H3,(H,25,29)(H,26,27,28). The molecule has 0 aliphatic rings. The van der Waals surface area contributed by atoms with Crippen LogP contribution in [0.4, 0.5) is 13.9 Å². The number of carbonyl (C=O) groups excluding carboxylic acids is 2. The minimum atomic E-state index is -2.89. The van der Waals surface area contributed by atoms with E-state index in [2.05, 4.69) is 20.4 Å². The van der Waals surface area contributed by atoms with Crippen molar-refractivity contribution in [2.45, 2.75) is 26.5 Å². The van der Waals surface area contributed by atoms with Crippen molar-refractivity contribution in [3.63, 3.8) is 0 Å². The Morgan fingerprint density at radius 1 is 1.13 bits per heavy atom. The van der Waals surface area contributed by atoms with Gasteiger partial charge in [0, 0.05) is 10.4 Å². The van der Waals surface area contributed by atoms with Crippen molar-refractivity contribution in [3.05, 3.63) is 64.0 Å². The summed E-state index contributed by atoms with van der Waals surface area (Å²) in [5.41, 5.74) is 1.57. The molecule has 1 heterocycles. The van der Waals surface area contributed by atoms with Gasteiger partial charge in [0.2, 0.25) is 5.91 Å². The summed E-state index contributed by atoms with van der Waals surface area (Å²) in [6.07, 6.45) is 0. The summed E-state index contributed by atoms with van der Waals surface area (Å²) in [6, 6.07) is 11.8. The van der Waals surface area contributed by atoms with Gasteiger partial charge in [-0.05, 0) is 50.2 Å². The van der Waals surface area contributed by atoms with Crippen molar-refractivity contribution < 1.29 is 23.1 Å². The van der Waals surface area contributed by atoms with Crippen molar-refractivity contribution >= 4 is 39.9 Å². The Morgan fingerprint density at radius 2 is 1.81 bits per heavy atom. The van der Waals surface area contributed by atoms with Crippen molar-refractivity contribution in [1.29, 1.82) is 0 Å². The lowest BCUT2D eigenvalue weighted by Gasteiger charge is -2.13. The van der Waals surface area contributed by atoms with Crippen LogP contribution >= 0.6 is 22.9 Å². The van der Waals surface area contributed by atoms with E-state index in [0.717, 1.165) is 4.88 Å². The summed E-state index contributed by atoms with van der Waals surface area (Å²) in [6.45, 7) is 0.483. The third-order valence-electron chi connectivity index (χ3n) is 4.24. The van der Waals surface area contributed by atoms with Crippen LogP contribution in [0, 0.1) is 6.92 Å². The fourth-order valence-corrected chi connectivity index (χ4v) is 3.77. The second-order valence-corrected chi connectivity index (χ2v) is 8.10. The van der Waals surface area contributed by atoms with Gasteiger partial charge in [-0.15, -0.1) is 11.3 Å². The van der Waals surface area contributed by atoms with E-state index in [4.69, 9.17) is 11.6 Å². The molecule has 0 spiro atoms. The largest absolute Gasteiger partial charge is 0.435 e. The van der Waals surface area contributed by atoms with E-state index in [1.54, 1.807) is 43.3 Å². The molecule has 162 valence electrons. The number of carbonyl (C=O) groups is 2. The van der Waals surface area contributed by atoms with Gasteiger partial charge in [0.05, 0.1) is 16.3 Å². The molecule has 31 heavy (non-hydrogen) atoms. The van der Waals surface area contributed by atoms with Gasteiger partial charge in [0.15, 0.2) is 5.13 Å². The molecule has 3 aromatic rings. The van der Waals surface area contributed by atoms with Crippen LogP contribution < -0.4 is 15.4 Å². The SMILES string of the molecule is Cc1sc(NC(=O)C(C)NC(=O)c2ccccc2Cl)nc1-c1ccc(OC(F)F)cc1. The average molecular weight is 466 g/mol. The molecule has 2 N–H and O–H groups in total. The molecule has 0 saturated carbocycles. The lowest BCUT2D eigenvalue weighted by Crippen LogP contribution is -2.41. The van der Waals surface area contributed by atoms with Gasteiger partial charge >= 0.3 is 6.61 Å². The van der Waals surface area contributed by atoms with Gasteiger partial charge in [-0.25, -0.2) is 4.98 Å². The van der Waals surface area contributed by atoms with E-state index < -0.39 is 24.5 Å². The summed E-state index contributed by atoms with van der Waals surface area (Å²) in [5, 5.41) is 5.92. The van der Waals surface area contributed by atoms with Crippen LogP contribution in [0.25, 0.3) is 11.3 Å². The van der Waals surface area contributed by atoms with E-state index in [-0.39, 0.29) is 16.3 Å². The van der Waals surface area contributed by atoms with Crippen LogP contribution in [0.3, 0.4) is 0 Å². The van der Waals surface area contributed by atoms with Gasteiger partial charge in [-0.3, -0.25) is 9.59 Å². The number of thiazole rings is 1. The summed E-state index contributed by atoms with van der Waals surface area (Å²) >= 11 is 7.27. The number of aryl methyl sites for hydroxylation is 1. The quantitative estimate of drug-likeness (QED) is 0.507. The molecular weight excluding hydrogens is 448 g/mol. The number of aromatic nitrogens is 1. The number of halogens is 3. The van der Waals surface area contributed by atoms with E-state index in [1.807, 2.05) is 6.92 Å². The fourth-order valence-electron chi connectivity index (χ4n) is 2.71. The topological polar surface area (TPSA) is 80.3 Å². The Bertz CT molecular complexity index is 1090. The van der Waals surface area contributed by atoms with Crippen LogP contribution in [0.1, 0.15) is 22.2 Å². The van der Waals surface area contributed by atoms with Crippen LogP contribution in [-0.4, -0.2) is 29.5 Å². The molecule has 1 atom stereocenters. The zero-order valence-electron chi connectivity index (χ0n) is 16.5. The number of alkyl halides is 2. The first-order valence-corrected chi connectivity index (χ1v) is 10.3. The minimum absolute atomic E-state index is 0.0447. The van der Waals surface area contributed by atoms with Crippen molar-refractivity contribution in [2.75, 3.05) is 5.32 Å². The fraction of sp³-hybridized carbons (Fsp3) is 0.190. The first kappa shape index (κ1) is 22.6. The predicted molar refractivity (Wildman–Crippen MR) is 116 cm³/mol. The maximum absolute atomic E-state index is 12.5. The number of amides is 2. The molecule has 0 radical (unpaired) electrons. The van der Waals surface area contributed by atoms with Crippen LogP contribution in [0.5, 0.6) is 5.75 Å². The Morgan fingerprint density at radius 3 is 2.45 bits per heavy atom. The van der Waals surface area contributed by atoms with Gasteiger partial charge in [0.1, 0.15) is 11.8 Å². The lowest BCUT2D eigenvalue weighted by atomic mass is 10.1. The van der Waals surface area contributed by atoms with Crippen LogP contribution in [0.15, 0.2) is 48.5 Å². The lowest BCUT2D eigenvalue weighted by molar-refractivity contribution is -0.117. The van der Waals surface area contributed by atoms with Gasteiger partial charge in [0.25, 0.3) is 5.91 Å². The van der Waals surface area contributed by atoms with Crippen LogP contribution in [0.2, 0.25) is 5.02 Å². The van der Waals surface area contributed by atoms with Crippen molar-refractivity contribution in [3.8, 4) is 17.0 Å². The Labute approximate surface area is 186 Å². The number of nitrogens with one attached hydrogen (secondary N) is 2. The summed E-state index contributed by atoms with van der Waals surface area (Å²) in [4.78, 5) is 30.0. The van der Waals surface area contributed by atoms with Crippen molar-refractivity contribution in [2.24, 2.45) is 0 Å². The minimum Gasteiger partial charge on any atom is -0.435 e. The highest BCUT2D eigenvalue weighted by atomic mass is 35.5. The zero-order chi connectivity index (χ0) is 22.5. The molecule has 0 bridgehead atoms. The first-order chi connectivity index (χ1) is 14.7. The molecule has 2 amide bonds. The second-order valence-electron chi connectivity index (χ2n) is 6.49. The van der Waals surface area contributed by atoms with E-state index in [9.17, 15) is 18.4 Å². The average Bonchev–Trinajstić information content (AvgIpc) is 3.08. The molecule has 6 nitrogen and oxygen atoms in total. The van der Waals surface area contributed by atoms with E-state index in [1.165, 1.54) is 23.5 Å². The normalized spacial score (nSPS) is 11.8. The molecule has 10 heteroatoms. The second kappa shape index (κ2) is 9.84. The molecule has 1 aromatic heterocycles. The monoisotopic (exact) mass is 465 g/mol. The van der Waals surface area contributed by atoms with E-state index >= 15 is 0 Å². The number of benzene rings is 2. The molecule has 3 rings (SSSR count). The number of nitrogens with zero attached hydrogens (tertiary/aromatic N) is 1. The molecule has 0 aliphatic heterocycles. The maximum atomic E-state index is 12.5. The Hall–Kier alpha value is -3.04. The summed E-state index contributed by atoms with van der Waals surface area (Å²) < 4.78 is 28.9. The van der Waals surface area contributed by atoms with Gasteiger partial charge in [-0.2, -0.15) is 8.78 Å². The molecule has 0 fully saturated rings.